The second-order valence-electron chi connectivity index (χ2n) is 2.96. The first-order chi connectivity index (χ1) is 4.26. The highest BCUT2D eigenvalue weighted by Crippen LogP contribution is 2.20. The molecule has 0 heterocycles. The van der Waals surface area contributed by atoms with E-state index in [4.69, 9.17) is 0 Å². The summed E-state index contributed by atoms with van der Waals surface area (Å²) >= 11 is 1.38. The maximum Gasteiger partial charge on any atom is 0.212 e. The van der Waals surface area contributed by atoms with Gasteiger partial charge in [-0.15, -0.1) is 0 Å². The predicted octanol–water partition coefficient (Wildman–Crippen LogP) is 2.11. The molecule has 0 radical (unpaired) electrons. The molecule has 54 valence electrons. The molecule has 0 bridgehead atoms. The van der Waals surface area contributed by atoms with E-state index in [-0.39, 0.29) is 0 Å². The molecule has 0 aliphatic heterocycles. The zero-order chi connectivity index (χ0) is 7.28. The van der Waals surface area contributed by atoms with Crippen LogP contribution in [0.15, 0.2) is 0 Å². The Morgan fingerprint density at radius 1 is 1.22 bits per heavy atom. The molecule has 0 aromatic rings. The Labute approximate surface area is 67.5 Å². The van der Waals surface area contributed by atoms with Gasteiger partial charge in [-0.2, -0.15) is 0 Å². The smallest absolute Gasteiger partial charge is 0.0985 e. The molecule has 1 atom stereocenters. The van der Waals surface area contributed by atoms with Crippen LogP contribution in [0.1, 0.15) is 33.6 Å². The number of hydrogen-bond acceptors (Lipinski definition) is 0. The van der Waals surface area contributed by atoms with E-state index in [0.717, 1.165) is 11.8 Å². The van der Waals surface area contributed by atoms with E-state index >= 15 is 0 Å². The van der Waals surface area contributed by atoms with E-state index in [9.17, 15) is 0 Å². The van der Waals surface area contributed by atoms with Crippen molar-refractivity contribution in [3.05, 3.63) is 0 Å². The van der Waals surface area contributed by atoms with Gasteiger partial charge < -0.3 is 0 Å². The highest BCUT2D eigenvalue weighted by molar-refractivity contribution is 6.08. The second kappa shape index (κ2) is 5.33. The Balaban J connectivity index is 3.50. The molecule has 1 heteroatoms. The van der Waals surface area contributed by atoms with E-state index in [1.807, 2.05) is 0 Å². The van der Waals surface area contributed by atoms with E-state index in [0.29, 0.717) is 0 Å². The molecule has 9 heavy (non-hydrogen) atoms. The molecule has 0 aromatic heterocycles. The summed E-state index contributed by atoms with van der Waals surface area (Å²) in [6, 6.07) is 0. The molecular formula is C8H19Al. The average Bonchev–Trinajstić information content (AvgIpc) is 1.90. The van der Waals surface area contributed by atoms with E-state index in [1.165, 1.54) is 34.4 Å². The lowest BCUT2D eigenvalue weighted by atomic mass is 9.91. The molecule has 0 aromatic carbocycles. The zero-order valence-corrected chi connectivity index (χ0v) is 9.28. The summed E-state index contributed by atoms with van der Waals surface area (Å²) in [5, 5.41) is 1.48. The minimum absolute atomic E-state index is 0.992. The van der Waals surface area contributed by atoms with Gasteiger partial charge >= 0.3 is 0 Å². The molecule has 0 saturated heterocycles. The Bertz CT molecular complexity index is 57.6. The van der Waals surface area contributed by atoms with Crippen LogP contribution in [0.2, 0.25) is 5.28 Å². The van der Waals surface area contributed by atoms with E-state index < -0.39 is 0 Å². The third kappa shape index (κ3) is 3.28. The van der Waals surface area contributed by atoms with Crippen LogP contribution in [-0.2, 0) is 0 Å². The Hall–Kier alpha value is 0.532. The summed E-state index contributed by atoms with van der Waals surface area (Å²) in [5.41, 5.74) is 0. The second-order valence-corrected chi connectivity index (χ2v) is 3.78. The highest BCUT2D eigenvalue weighted by atomic mass is 27.0. The fourth-order valence-electron chi connectivity index (χ4n) is 1.43. The lowest BCUT2D eigenvalue weighted by Crippen LogP contribution is -2.08. The minimum atomic E-state index is 0.992. The van der Waals surface area contributed by atoms with E-state index in [2.05, 4.69) is 20.8 Å². The summed E-state index contributed by atoms with van der Waals surface area (Å²) in [4.78, 5) is 0. The number of rotatable bonds is 4. The van der Waals surface area contributed by atoms with Crippen molar-refractivity contribution in [3.63, 3.8) is 0 Å². The van der Waals surface area contributed by atoms with Crippen molar-refractivity contribution in [3.8, 4) is 0 Å². The molecule has 0 spiro atoms. The monoisotopic (exact) mass is 142 g/mol. The van der Waals surface area contributed by atoms with Gasteiger partial charge in [0.2, 0.25) is 16.3 Å². The van der Waals surface area contributed by atoms with Crippen molar-refractivity contribution in [2.75, 3.05) is 0 Å². The van der Waals surface area contributed by atoms with Gasteiger partial charge in [0.1, 0.15) is 0 Å². The summed E-state index contributed by atoms with van der Waals surface area (Å²) in [5.74, 6) is 1.99. The van der Waals surface area contributed by atoms with Gasteiger partial charge in [-0.1, -0.05) is 44.8 Å². The van der Waals surface area contributed by atoms with Crippen LogP contribution in [0.5, 0.6) is 0 Å². The Morgan fingerprint density at radius 3 is 1.78 bits per heavy atom. The van der Waals surface area contributed by atoms with Crippen LogP contribution in [0.4, 0.5) is 0 Å². The lowest BCUT2D eigenvalue weighted by molar-refractivity contribution is 0.362. The van der Waals surface area contributed by atoms with Crippen LogP contribution in [0, 0.1) is 11.8 Å². The average molecular weight is 142 g/mol. The van der Waals surface area contributed by atoms with Crippen molar-refractivity contribution in [2.45, 2.75) is 38.9 Å². The number of hydrogen-bond donors (Lipinski definition) is 0. The quantitative estimate of drug-likeness (QED) is 0.527. The minimum Gasteiger partial charge on any atom is -0.0985 e. The lowest BCUT2D eigenvalue weighted by Gasteiger charge is -2.18. The summed E-state index contributed by atoms with van der Waals surface area (Å²) in [7, 11) is 0. The molecular weight excluding hydrogens is 123 g/mol. The van der Waals surface area contributed by atoms with Gasteiger partial charge in [-0.05, 0) is 5.92 Å². The van der Waals surface area contributed by atoms with Gasteiger partial charge in [-0.3, -0.25) is 0 Å². The Morgan fingerprint density at radius 2 is 1.67 bits per heavy atom. The van der Waals surface area contributed by atoms with Crippen molar-refractivity contribution in [2.24, 2.45) is 11.8 Å². The molecule has 0 rings (SSSR count). The third-order valence-corrected chi connectivity index (χ3v) is 3.79. The standard InChI is InChI=1S/C8H17.Al.2H/c1-5-8(6-2)7(3)4;;;/h7-8H,3,5-6H2,1-2,4H3;;;. The van der Waals surface area contributed by atoms with E-state index in [1.54, 1.807) is 0 Å². The third-order valence-electron chi connectivity index (χ3n) is 2.50. The van der Waals surface area contributed by atoms with Gasteiger partial charge in [0, 0.05) is 0 Å². The van der Waals surface area contributed by atoms with Crippen molar-refractivity contribution in [1.82, 2.24) is 0 Å². The zero-order valence-electron chi connectivity index (χ0n) is 7.28. The highest BCUT2D eigenvalue weighted by Gasteiger charge is 2.09. The van der Waals surface area contributed by atoms with Gasteiger partial charge in [-0.25, -0.2) is 0 Å². The molecule has 0 aliphatic rings. The molecule has 1 unspecified atom stereocenters. The van der Waals surface area contributed by atoms with Crippen LogP contribution in [0.3, 0.4) is 0 Å². The summed E-state index contributed by atoms with van der Waals surface area (Å²) in [6.45, 7) is 7.01. The van der Waals surface area contributed by atoms with Gasteiger partial charge in [0.15, 0.2) is 0 Å². The summed E-state index contributed by atoms with van der Waals surface area (Å²) < 4.78 is 0. The fraction of sp³-hybridized carbons (Fsp3) is 1.00. The Kier molecular flexibility index (Phi) is 5.64. The van der Waals surface area contributed by atoms with Crippen LogP contribution in [-0.4, -0.2) is 16.3 Å². The first kappa shape index (κ1) is 9.53. The fourth-order valence-corrected chi connectivity index (χ4v) is 2.09. The van der Waals surface area contributed by atoms with Crippen LogP contribution < -0.4 is 0 Å². The van der Waals surface area contributed by atoms with Crippen molar-refractivity contribution >= 4 is 16.3 Å². The first-order valence-electron chi connectivity index (χ1n) is 4.26. The maximum absolute atomic E-state index is 2.39. The largest absolute Gasteiger partial charge is 0.212 e. The maximum atomic E-state index is 2.39. The molecule has 0 fully saturated rings. The topological polar surface area (TPSA) is 0 Å². The molecule has 0 nitrogen and oxygen atoms in total. The predicted molar refractivity (Wildman–Crippen MR) is 46.6 cm³/mol. The van der Waals surface area contributed by atoms with Crippen LogP contribution >= 0.6 is 0 Å². The molecule has 0 N–H and O–H groups in total. The summed E-state index contributed by atoms with van der Waals surface area (Å²) in [6.07, 6.45) is 2.75. The van der Waals surface area contributed by atoms with Gasteiger partial charge in [0.05, 0.1) is 0 Å². The molecule has 0 saturated carbocycles. The van der Waals surface area contributed by atoms with Gasteiger partial charge in [0.25, 0.3) is 0 Å². The van der Waals surface area contributed by atoms with Crippen molar-refractivity contribution in [1.29, 1.82) is 0 Å². The molecule has 0 aliphatic carbocycles. The first-order valence-corrected chi connectivity index (χ1v) is 5.67. The van der Waals surface area contributed by atoms with Crippen molar-refractivity contribution < 1.29 is 0 Å². The normalized spacial score (nSPS) is 14.2. The molecule has 0 amide bonds. The SMILES string of the molecule is CCC(CC)C(C)[CH2][AlH2]. The van der Waals surface area contributed by atoms with Crippen LogP contribution in [0.25, 0.3) is 0 Å².